The van der Waals surface area contributed by atoms with Crippen molar-refractivity contribution in [3.63, 3.8) is 0 Å². The lowest BCUT2D eigenvalue weighted by atomic mass is 9.79. The summed E-state index contributed by atoms with van der Waals surface area (Å²) < 4.78 is 16.7. The summed E-state index contributed by atoms with van der Waals surface area (Å²) >= 11 is 0. The summed E-state index contributed by atoms with van der Waals surface area (Å²) in [5, 5.41) is 42.1. The molecule has 0 aromatic carbocycles. The first-order chi connectivity index (χ1) is 20.6. The number of carboxylic acids is 2. The van der Waals surface area contributed by atoms with E-state index in [0.717, 1.165) is 6.08 Å². The van der Waals surface area contributed by atoms with E-state index in [1.54, 1.807) is 6.92 Å². The van der Waals surface area contributed by atoms with Crippen LogP contribution in [-0.2, 0) is 43.0 Å². The van der Waals surface area contributed by atoms with Gasteiger partial charge in [0.05, 0.1) is 18.1 Å². The molecule has 5 aliphatic rings. The predicted octanol–water partition coefficient (Wildman–Crippen LogP) is 0.364. The Labute approximate surface area is 249 Å². The Bertz CT molecular complexity index is 1650. The summed E-state index contributed by atoms with van der Waals surface area (Å²) in [7, 11) is 0. The first kappa shape index (κ1) is 30.8. The van der Waals surface area contributed by atoms with Crippen LogP contribution in [0, 0.1) is 0 Å². The molecule has 0 spiro atoms. The number of aliphatic hydroxyl groups is 2. The molecule has 0 bridgehead atoms. The Balaban J connectivity index is 1.62. The van der Waals surface area contributed by atoms with Crippen molar-refractivity contribution < 1.29 is 63.4 Å². The van der Waals surface area contributed by atoms with E-state index in [1.165, 1.54) is 44.7 Å². The van der Waals surface area contributed by atoms with Crippen LogP contribution >= 0.6 is 0 Å². The fraction of sp³-hybridized carbons (Fsp3) is 0.400. The van der Waals surface area contributed by atoms with Crippen LogP contribution in [0.1, 0.15) is 41.0 Å². The Morgan fingerprint density at radius 3 is 2.36 bits per heavy atom. The minimum Gasteiger partial charge on any atom is -0.481 e. The van der Waals surface area contributed by atoms with Gasteiger partial charge in [0.25, 0.3) is 0 Å². The van der Waals surface area contributed by atoms with Gasteiger partial charge in [-0.05, 0) is 46.8 Å². The van der Waals surface area contributed by atoms with Crippen molar-refractivity contribution in [2.45, 2.75) is 77.3 Å². The summed E-state index contributed by atoms with van der Waals surface area (Å²) in [6.45, 7) is 7.39. The lowest BCUT2D eigenvalue weighted by Gasteiger charge is -2.45. The SMILES string of the molecule is C/C=C(/C)C(=O)O[C@@H]1[C@@H](O)[C@]2(O)C3=C(O[C@@H]2O[C@@H]1C)C(=O)C1=C2C=C(C)N([C@@H](CC(=O)O)C(=O)O)C(C)=C2C(=O)C1=CC3=O. The Morgan fingerprint density at radius 2 is 1.77 bits per heavy atom. The zero-order valence-corrected chi connectivity index (χ0v) is 24.2. The molecule has 4 N–H and O–H groups in total. The van der Waals surface area contributed by atoms with Crippen molar-refractivity contribution >= 4 is 35.3 Å². The number of nitrogens with zero attached hydrogens (tertiary/aromatic N) is 1. The average Bonchev–Trinajstić information content (AvgIpc) is 3.36. The molecule has 14 heteroatoms. The normalized spacial score (nSPS) is 30.6. The van der Waals surface area contributed by atoms with Crippen molar-refractivity contribution in [2.24, 2.45) is 0 Å². The lowest BCUT2D eigenvalue weighted by molar-refractivity contribution is -0.301. The molecule has 0 unspecified atom stereocenters. The van der Waals surface area contributed by atoms with Crippen molar-refractivity contribution in [2.75, 3.05) is 0 Å². The number of ether oxygens (including phenoxy) is 3. The van der Waals surface area contributed by atoms with Gasteiger partial charge in [-0.2, -0.15) is 0 Å². The van der Waals surface area contributed by atoms with Crippen LogP contribution in [0.25, 0.3) is 0 Å². The molecule has 0 aromatic rings. The highest BCUT2D eigenvalue weighted by atomic mass is 16.7. The number of rotatable bonds is 6. The maximum absolute atomic E-state index is 14.0. The van der Waals surface area contributed by atoms with Gasteiger partial charge in [0.2, 0.25) is 12.1 Å². The maximum atomic E-state index is 14.0. The molecule has 44 heavy (non-hydrogen) atoms. The second-order valence-corrected chi connectivity index (χ2v) is 11.0. The first-order valence-electron chi connectivity index (χ1n) is 13.6. The number of hydrogen-bond donors (Lipinski definition) is 4. The number of aliphatic carboxylic acids is 2. The van der Waals surface area contributed by atoms with Crippen LogP contribution in [0.4, 0.5) is 0 Å². The van der Waals surface area contributed by atoms with Crippen LogP contribution in [0.3, 0.4) is 0 Å². The van der Waals surface area contributed by atoms with Crippen molar-refractivity contribution in [1.29, 1.82) is 0 Å². The van der Waals surface area contributed by atoms with E-state index >= 15 is 0 Å². The third-order valence-electron chi connectivity index (χ3n) is 8.43. The number of fused-ring (bicyclic) bond motifs is 4. The molecule has 0 radical (unpaired) electrons. The van der Waals surface area contributed by atoms with Crippen molar-refractivity contribution in [1.82, 2.24) is 4.90 Å². The quantitative estimate of drug-likeness (QED) is 0.236. The minimum atomic E-state index is -2.66. The van der Waals surface area contributed by atoms with E-state index in [2.05, 4.69) is 0 Å². The smallest absolute Gasteiger partial charge is 0.333 e. The van der Waals surface area contributed by atoms with Gasteiger partial charge in [-0.25, -0.2) is 9.59 Å². The molecule has 5 rings (SSSR count). The Morgan fingerprint density at radius 1 is 1.11 bits per heavy atom. The van der Waals surface area contributed by atoms with Gasteiger partial charge in [-0.3, -0.25) is 19.2 Å². The lowest BCUT2D eigenvalue weighted by Crippen LogP contribution is -2.66. The van der Waals surface area contributed by atoms with Gasteiger partial charge in [0.15, 0.2) is 29.0 Å². The molecule has 0 amide bonds. The summed E-state index contributed by atoms with van der Waals surface area (Å²) in [5.41, 5.74) is -3.54. The molecular weight excluding hydrogens is 582 g/mol. The minimum absolute atomic E-state index is 0.0486. The fourth-order valence-corrected chi connectivity index (χ4v) is 6.17. The van der Waals surface area contributed by atoms with Crippen LogP contribution in [0.15, 0.2) is 68.8 Å². The molecule has 0 saturated carbocycles. The number of carbonyl (C=O) groups is 6. The Hall–Kier alpha value is -4.66. The van der Waals surface area contributed by atoms with Gasteiger partial charge in [0, 0.05) is 39.3 Å². The summed E-state index contributed by atoms with van der Waals surface area (Å²) in [6, 6.07) is -1.57. The topological polar surface area (TPSA) is 214 Å². The van der Waals surface area contributed by atoms with Gasteiger partial charge < -0.3 is 39.5 Å². The molecule has 6 atom stereocenters. The molecule has 3 aliphatic heterocycles. The number of ketones is 3. The highest BCUT2D eigenvalue weighted by Crippen LogP contribution is 2.50. The number of hydrogen-bond acceptors (Lipinski definition) is 12. The van der Waals surface area contributed by atoms with Gasteiger partial charge in [-0.1, -0.05) is 6.08 Å². The molecule has 1 saturated heterocycles. The predicted molar refractivity (Wildman–Crippen MR) is 145 cm³/mol. The van der Waals surface area contributed by atoms with E-state index in [9.17, 15) is 49.2 Å². The van der Waals surface area contributed by atoms with Gasteiger partial charge in [0.1, 0.15) is 12.1 Å². The van der Waals surface area contributed by atoms with Crippen LogP contribution in [0.2, 0.25) is 0 Å². The number of carboxylic acid groups (broad SMARTS) is 2. The largest absolute Gasteiger partial charge is 0.481 e. The highest BCUT2D eigenvalue weighted by Gasteiger charge is 2.66. The average molecular weight is 612 g/mol. The van der Waals surface area contributed by atoms with Gasteiger partial charge in [-0.15, -0.1) is 0 Å². The summed E-state index contributed by atoms with van der Waals surface area (Å²) in [6.07, 6.45) is -3.40. The standard InChI is InChI=1S/C30H29NO13/c1-6-10(2)28(40)43-24-13(5)42-29-30(41,26(24)37)21-17(32)8-15-20(23(36)25(21)44-29)14-7-11(3)31(12(4)19(14)22(15)35)16(27(38)39)9-18(33)34/h6-8,13,16,24,26,29,37,41H,9H2,1-5H3,(H,33,34)(H,38,39)/b10-6-/t13-,16+,24+,26-,29+,30-/m1/s1. The number of esters is 1. The van der Waals surface area contributed by atoms with E-state index in [0.29, 0.717) is 0 Å². The van der Waals surface area contributed by atoms with E-state index in [1.807, 2.05) is 0 Å². The zero-order valence-electron chi connectivity index (χ0n) is 24.2. The zero-order chi connectivity index (χ0) is 32.6. The number of carbonyl (C=O) groups excluding carboxylic acids is 4. The maximum Gasteiger partial charge on any atom is 0.333 e. The summed E-state index contributed by atoms with van der Waals surface area (Å²) in [5.74, 6) is -7.16. The Kier molecular flexibility index (Phi) is 7.35. The van der Waals surface area contributed by atoms with Crippen LogP contribution in [-0.4, -0.2) is 96.8 Å². The summed E-state index contributed by atoms with van der Waals surface area (Å²) in [4.78, 5) is 78.4. The van der Waals surface area contributed by atoms with Gasteiger partial charge >= 0.3 is 17.9 Å². The van der Waals surface area contributed by atoms with E-state index in [4.69, 9.17) is 14.2 Å². The van der Waals surface area contributed by atoms with E-state index in [-0.39, 0.29) is 39.3 Å². The second-order valence-electron chi connectivity index (χ2n) is 11.0. The third kappa shape index (κ3) is 4.28. The molecule has 232 valence electrons. The molecular formula is C30H29NO13. The third-order valence-corrected chi connectivity index (χ3v) is 8.43. The van der Waals surface area contributed by atoms with E-state index < -0.39 is 89.3 Å². The molecule has 0 aromatic heterocycles. The number of allylic oxidation sites excluding steroid dienone is 9. The van der Waals surface area contributed by atoms with Crippen molar-refractivity contribution in [3.05, 3.63) is 68.8 Å². The first-order valence-corrected chi connectivity index (χ1v) is 13.6. The number of Topliss-reactive ketones (excluding diaryl/α,β-unsaturated/α-hetero) is 2. The molecule has 1 fully saturated rings. The second kappa shape index (κ2) is 10.5. The van der Waals surface area contributed by atoms with Crippen LogP contribution < -0.4 is 0 Å². The molecule has 14 nitrogen and oxygen atoms in total. The highest BCUT2D eigenvalue weighted by molar-refractivity contribution is 6.34. The van der Waals surface area contributed by atoms with Crippen molar-refractivity contribution in [3.8, 4) is 0 Å². The molecule has 2 aliphatic carbocycles. The van der Waals surface area contributed by atoms with Crippen LogP contribution in [0.5, 0.6) is 0 Å². The number of aliphatic hydroxyl groups excluding tert-OH is 1. The monoisotopic (exact) mass is 611 g/mol. The molecule has 3 heterocycles. The fourth-order valence-electron chi connectivity index (χ4n) is 6.17.